The molecule has 3 rings (SSSR count). The van der Waals surface area contributed by atoms with Gasteiger partial charge in [-0.05, 0) is 56.0 Å². The number of phenols is 1. The molecule has 0 saturated carbocycles. The van der Waals surface area contributed by atoms with Crippen molar-refractivity contribution in [3.63, 3.8) is 0 Å². The van der Waals surface area contributed by atoms with Gasteiger partial charge in [-0.1, -0.05) is 13.0 Å². The number of urea groups is 1. The van der Waals surface area contributed by atoms with Crippen LogP contribution < -0.4 is 10.6 Å². The molecule has 3 amide bonds. The topological polar surface area (TPSA) is 119 Å². The van der Waals surface area contributed by atoms with Gasteiger partial charge in [0.05, 0.1) is 0 Å². The lowest BCUT2D eigenvalue weighted by molar-refractivity contribution is -0.126. The lowest BCUT2D eigenvalue weighted by atomic mass is 9.76. The van der Waals surface area contributed by atoms with Crippen molar-refractivity contribution in [1.82, 2.24) is 15.5 Å². The Morgan fingerprint density at radius 2 is 2.00 bits per heavy atom. The highest BCUT2D eigenvalue weighted by atomic mass is 16.4. The zero-order valence-corrected chi connectivity index (χ0v) is 14.6. The van der Waals surface area contributed by atoms with Gasteiger partial charge in [0.25, 0.3) is 5.91 Å². The summed E-state index contributed by atoms with van der Waals surface area (Å²) in [4.78, 5) is 37.1. The van der Waals surface area contributed by atoms with Gasteiger partial charge in [0.15, 0.2) is 0 Å². The fourth-order valence-electron chi connectivity index (χ4n) is 4.03. The van der Waals surface area contributed by atoms with E-state index in [9.17, 15) is 19.5 Å². The van der Waals surface area contributed by atoms with E-state index in [1.54, 1.807) is 6.07 Å². The number of carboxylic acids is 1. The molecule has 0 bridgehead atoms. The number of rotatable bonds is 5. The number of hydrogen-bond acceptors (Lipinski definition) is 5. The number of aromatic carboxylic acids is 1. The zero-order valence-electron chi connectivity index (χ0n) is 14.6. The molecule has 140 valence electrons. The van der Waals surface area contributed by atoms with Crippen LogP contribution in [-0.4, -0.2) is 51.6 Å². The molecule has 0 aromatic heterocycles. The number of carbonyl (C=O) groups is 3. The van der Waals surface area contributed by atoms with Crippen LogP contribution >= 0.6 is 0 Å². The first kappa shape index (κ1) is 18.2. The smallest absolute Gasteiger partial charge is 0.339 e. The second-order valence-electron chi connectivity index (χ2n) is 6.94. The number of hydrogen-bond donors (Lipinski definition) is 4. The summed E-state index contributed by atoms with van der Waals surface area (Å²) in [5.41, 5.74) is -0.110. The largest absolute Gasteiger partial charge is 0.507 e. The Balaban J connectivity index is 1.64. The van der Waals surface area contributed by atoms with E-state index in [0.29, 0.717) is 13.0 Å². The van der Waals surface area contributed by atoms with Crippen LogP contribution in [0.15, 0.2) is 18.2 Å². The first-order valence-corrected chi connectivity index (χ1v) is 8.77. The summed E-state index contributed by atoms with van der Waals surface area (Å²) in [6.45, 7) is 3.98. The zero-order chi connectivity index (χ0) is 18.9. The highest BCUT2D eigenvalue weighted by molar-refractivity contribution is 6.07. The van der Waals surface area contributed by atoms with Crippen molar-refractivity contribution in [2.45, 2.75) is 38.3 Å². The quantitative estimate of drug-likeness (QED) is 0.587. The molecule has 2 heterocycles. The fourth-order valence-corrected chi connectivity index (χ4v) is 4.03. The fraction of sp³-hybridized carbons (Fsp3) is 0.500. The van der Waals surface area contributed by atoms with Crippen molar-refractivity contribution in [2.24, 2.45) is 5.92 Å². The van der Waals surface area contributed by atoms with Gasteiger partial charge in [-0.25, -0.2) is 9.59 Å². The van der Waals surface area contributed by atoms with Crippen molar-refractivity contribution in [3.05, 3.63) is 29.3 Å². The Hall–Kier alpha value is -2.61. The first-order valence-electron chi connectivity index (χ1n) is 8.77. The second kappa shape index (κ2) is 6.95. The van der Waals surface area contributed by atoms with E-state index in [1.807, 2.05) is 6.92 Å². The predicted octanol–water partition coefficient (Wildman–Crippen LogP) is 1.29. The maximum absolute atomic E-state index is 12.3. The number of aromatic hydroxyl groups is 1. The van der Waals surface area contributed by atoms with Crippen LogP contribution in [-0.2, 0) is 11.3 Å². The number of carbonyl (C=O) groups excluding carboxylic acids is 2. The van der Waals surface area contributed by atoms with Crippen LogP contribution in [0.5, 0.6) is 5.75 Å². The molecule has 26 heavy (non-hydrogen) atoms. The lowest BCUT2D eigenvalue weighted by Gasteiger charge is -2.40. The number of piperidine rings is 1. The SMILES string of the molecule is CCC1(C2CCN(Cc3ccc(O)c(C(=O)O)c3)CC2)NC(=O)NC1=O. The number of likely N-dealkylation sites (tertiary alicyclic amines) is 1. The molecule has 1 atom stereocenters. The molecule has 0 radical (unpaired) electrons. The molecule has 2 aliphatic heterocycles. The summed E-state index contributed by atoms with van der Waals surface area (Å²) < 4.78 is 0. The normalized spacial score (nSPS) is 24.3. The highest BCUT2D eigenvalue weighted by Crippen LogP contribution is 2.34. The number of imide groups is 1. The average Bonchev–Trinajstić information content (AvgIpc) is 2.91. The molecule has 8 heteroatoms. The van der Waals surface area contributed by atoms with Gasteiger partial charge >= 0.3 is 12.0 Å². The molecule has 0 aliphatic carbocycles. The number of nitrogens with zero attached hydrogens (tertiary/aromatic N) is 1. The van der Waals surface area contributed by atoms with Gasteiger partial charge in [-0.3, -0.25) is 15.0 Å². The molecule has 2 aliphatic rings. The first-order chi connectivity index (χ1) is 12.4. The number of amides is 3. The van der Waals surface area contributed by atoms with Gasteiger partial charge in [0, 0.05) is 6.54 Å². The summed E-state index contributed by atoms with van der Waals surface area (Å²) >= 11 is 0. The molecule has 1 unspecified atom stereocenters. The van der Waals surface area contributed by atoms with Crippen molar-refractivity contribution in [2.75, 3.05) is 13.1 Å². The van der Waals surface area contributed by atoms with Crippen molar-refractivity contribution in [3.8, 4) is 5.75 Å². The van der Waals surface area contributed by atoms with Gasteiger partial charge in [-0.15, -0.1) is 0 Å². The van der Waals surface area contributed by atoms with E-state index in [-0.39, 0.29) is 23.1 Å². The Bertz CT molecular complexity index is 742. The van der Waals surface area contributed by atoms with Gasteiger partial charge < -0.3 is 15.5 Å². The van der Waals surface area contributed by atoms with E-state index < -0.39 is 17.5 Å². The molecular weight excluding hydrogens is 338 g/mol. The van der Waals surface area contributed by atoms with Gasteiger partial charge in [-0.2, -0.15) is 0 Å². The van der Waals surface area contributed by atoms with Crippen LogP contribution in [0.1, 0.15) is 42.1 Å². The molecule has 1 aromatic rings. The van der Waals surface area contributed by atoms with E-state index in [4.69, 9.17) is 5.11 Å². The Kier molecular flexibility index (Phi) is 4.86. The van der Waals surface area contributed by atoms with Crippen LogP contribution in [0.2, 0.25) is 0 Å². The summed E-state index contributed by atoms with van der Waals surface area (Å²) in [5, 5.41) is 23.9. The molecule has 1 aromatic carbocycles. The molecule has 8 nitrogen and oxygen atoms in total. The summed E-state index contributed by atoms with van der Waals surface area (Å²) in [6, 6.07) is 4.17. The van der Waals surface area contributed by atoms with E-state index in [2.05, 4.69) is 15.5 Å². The lowest BCUT2D eigenvalue weighted by Crippen LogP contribution is -2.55. The Morgan fingerprint density at radius 3 is 2.54 bits per heavy atom. The van der Waals surface area contributed by atoms with E-state index in [1.165, 1.54) is 12.1 Å². The maximum atomic E-state index is 12.3. The molecule has 2 saturated heterocycles. The van der Waals surface area contributed by atoms with Crippen LogP contribution in [0, 0.1) is 5.92 Å². The van der Waals surface area contributed by atoms with Crippen LogP contribution in [0.3, 0.4) is 0 Å². The molecule has 2 fully saturated rings. The minimum Gasteiger partial charge on any atom is -0.507 e. The predicted molar refractivity (Wildman–Crippen MR) is 92.8 cm³/mol. The third-order valence-corrected chi connectivity index (χ3v) is 5.51. The molecule has 0 spiro atoms. The second-order valence-corrected chi connectivity index (χ2v) is 6.94. The highest BCUT2D eigenvalue weighted by Gasteiger charge is 2.50. The van der Waals surface area contributed by atoms with Gasteiger partial charge in [0.1, 0.15) is 16.9 Å². The number of nitrogens with one attached hydrogen (secondary N) is 2. The number of benzene rings is 1. The maximum Gasteiger partial charge on any atom is 0.339 e. The Morgan fingerprint density at radius 1 is 1.31 bits per heavy atom. The third kappa shape index (κ3) is 3.24. The van der Waals surface area contributed by atoms with Crippen molar-refractivity contribution >= 4 is 17.9 Å². The van der Waals surface area contributed by atoms with Crippen molar-refractivity contribution in [1.29, 1.82) is 0 Å². The summed E-state index contributed by atoms with van der Waals surface area (Å²) in [5.74, 6) is -1.57. The van der Waals surface area contributed by atoms with Crippen LogP contribution in [0.4, 0.5) is 4.79 Å². The monoisotopic (exact) mass is 361 g/mol. The summed E-state index contributed by atoms with van der Waals surface area (Å²) in [6.07, 6.45) is 2.09. The third-order valence-electron chi connectivity index (χ3n) is 5.51. The standard InChI is InChI=1S/C18H23N3O5/c1-2-18(16(25)19-17(26)20-18)12-5-7-21(8-6-12)10-11-3-4-14(22)13(9-11)15(23)24/h3-4,9,12,22H,2,5-8,10H2,1H3,(H,23,24)(H2,19,20,25,26). The minimum atomic E-state index is -1.16. The molecule has 4 N–H and O–H groups in total. The minimum absolute atomic E-state index is 0.0737. The summed E-state index contributed by atoms with van der Waals surface area (Å²) in [7, 11) is 0. The van der Waals surface area contributed by atoms with E-state index >= 15 is 0 Å². The average molecular weight is 361 g/mol. The van der Waals surface area contributed by atoms with E-state index in [0.717, 1.165) is 31.5 Å². The van der Waals surface area contributed by atoms with Crippen LogP contribution in [0.25, 0.3) is 0 Å². The van der Waals surface area contributed by atoms with Gasteiger partial charge in [0.2, 0.25) is 0 Å². The Labute approximate surface area is 151 Å². The number of carboxylic acid groups (broad SMARTS) is 1. The molecular formula is C18H23N3O5. The van der Waals surface area contributed by atoms with Crippen molar-refractivity contribution < 1.29 is 24.6 Å².